The number of rotatable bonds is 4. The van der Waals surface area contributed by atoms with Gasteiger partial charge in [0, 0.05) is 28.7 Å². The fraction of sp³-hybridized carbons (Fsp3) is 0.143. The highest BCUT2D eigenvalue weighted by Crippen LogP contribution is 2.25. The molecule has 0 heterocycles. The van der Waals surface area contributed by atoms with E-state index >= 15 is 0 Å². The van der Waals surface area contributed by atoms with Gasteiger partial charge < -0.3 is 10.1 Å². The van der Waals surface area contributed by atoms with Gasteiger partial charge in [-0.05, 0) is 18.2 Å². The van der Waals surface area contributed by atoms with Crippen LogP contribution in [-0.4, -0.2) is 7.11 Å². The van der Waals surface area contributed by atoms with Gasteiger partial charge in [-0.15, -0.1) is 0 Å². The van der Waals surface area contributed by atoms with Crippen molar-refractivity contribution in [2.24, 2.45) is 0 Å². The second-order valence-electron chi connectivity index (χ2n) is 4.06. The first-order valence-corrected chi connectivity index (χ1v) is 6.51. The van der Waals surface area contributed by atoms with Crippen LogP contribution in [0.1, 0.15) is 5.56 Å². The van der Waals surface area contributed by atoms with E-state index in [1.807, 2.05) is 0 Å². The van der Waals surface area contributed by atoms with Crippen LogP contribution in [0.5, 0.6) is 5.75 Å². The van der Waals surface area contributed by atoms with Crippen LogP contribution in [0, 0.1) is 17.5 Å². The Hall–Kier alpha value is -1.69. The number of nitrogens with one attached hydrogen (secondary N) is 1. The Morgan fingerprint density at radius 1 is 1.05 bits per heavy atom. The molecule has 0 amide bonds. The van der Waals surface area contributed by atoms with Gasteiger partial charge in [0.15, 0.2) is 11.6 Å². The maximum Gasteiger partial charge on any atom is 0.161 e. The molecule has 0 fully saturated rings. The molecule has 1 N–H and O–H groups in total. The second-order valence-corrected chi connectivity index (χ2v) is 4.97. The summed E-state index contributed by atoms with van der Waals surface area (Å²) >= 11 is 3.32. The summed E-state index contributed by atoms with van der Waals surface area (Å²) < 4.78 is 45.4. The first-order valence-electron chi connectivity index (χ1n) is 5.72. The van der Waals surface area contributed by atoms with Gasteiger partial charge in [0.2, 0.25) is 0 Å². The molecule has 0 radical (unpaired) electrons. The maximum absolute atomic E-state index is 13.5. The van der Waals surface area contributed by atoms with Crippen LogP contribution in [0.2, 0.25) is 0 Å². The Morgan fingerprint density at radius 3 is 2.45 bits per heavy atom. The lowest BCUT2D eigenvalue weighted by atomic mass is 10.2. The average Bonchev–Trinajstić information content (AvgIpc) is 2.41. The van der Waals surface area contributed by atoms with Crippen molar-refractivity contribution >= 4 is 21.6 Å². The van der Waals surface area contributed by atoms with Crippen molar-refractivity contribution in [3.63, 3.8) is 0 Å². The van der Waals surface area contributed by atoms with E-state index in [0.29, 0.717) is 11.8 Å². The Balaban J connectivity index is 2.21. The van der Waals surface area contributed by atoms with Gasteiger partial charge in [0.05, 0.1) is 12.8 Å². The Kier molecular flexibility index (Phi) is 4.54. The predicted octanol–water partition coefficient (Wildman–Crippen LogP) is 4.49. The third-order valence-corrected chi connectivity index (χ3v) is 3.21. The molecular formula is C14H11BrF3NO. The molecule has 0 aromatic heterocycles. The molecule has 0 spiro atoms. The smallest absolute Gasteiger partial charge is 0.161 e. The molecule has 2 aromatic rings. The van der Waals surface area contributed by atoms with E-state index in [0.717, 1.165) is 16.1 Å². The first-order chi connectivity index (χ1) is 9.51. The third-order valence-electron chi connectivity index (χ3n) is 2.72. The number of halogens is 4. The summed E-state index contributed by atoms with van der Waals surface area (Å²) in [4.78, 5) is 0. The van der Waals surface area contributed by atoms with Gasteiger partial charge in [0.25, 0.3) is 0 Å². The van der Waals surface area contributed by atoms with Gasteiger partial charge >= 0.3 is 0 Å². The highest BCUT2D eigenvalue weighted by atomic mass is 79.9. The summed E-state index contributed by atoms with van der Waals surface area (Å²) in [6.45, 7) is 0.213. The fourth-order valence-corrected chi connectivity index (χ4v) is 2.14. The zero-order valence-corrected chi connectivity index (χ0v) is 12.1. The molecule has 2 aromatic carbocycles. The third kappa shape index (κ3) is 3.25. The zero-order chi connectivity index (χ0) is 14.7. The summed E-state index contributed by atoms with van der Waals surface area (Å²) in [5.74, 6) is -2.55. The van der Waals surface area contributed by atoms with Gasteiger partial charge in [-0.25, -0.2) is 13.2 Å². The van der Waals surface area contributed by atoms with Crippen LogP contribution in [0.4, 0.5) is 18.9 Å². The average molecular weight is 346 g/mol. The normalized spacial score (nSPS) is 10.4. The molecule has 0 saturated heterocycles. The lowest BCUT2D eigenvalue weighted by molar-refractivity contribution is 0.410. The molecule has 106 valence electrons. The van der Waals surface area contributed by atoms with E-state index < -0.39 is 17.5 Å². The van der Waals surface area contributed by atoms with E-state index in [4.69, 9.17) is 4.74 Å². The molecule has 0 atom stereocenters. The minimum atomic E-state index is -1.21. The quantitative estimate of drug-likeness (QED) is 0.824. The summed E-state index contributed by atoms with van der Waals surface area (Å²) in [6, 6.07) is 6.65. The highest BCUT2D eigenvalue weighted by Gasteiger charge is 2.10. The van der Waals surface area contributed by atoms with Crippen LogP contribution in [0.15, 0.2) is 34.8 Å². The number of anilines is 1. The van der Waals surface area contributed by atoms with Crippen molar-refractivity contribution in [2.75, 3.05) is 12.4 Å². The lowest BCUT2D eigenvalue weighted by Gasteiger charge is -2.12. The highest BCUT2D eigenvalue weighted by molar-refractivity contribution is 9.10. The van der Waals surface area contributed by atoms with Crippen molar-refractivity contribution in [1.29, 1.82) is 0 Å². The van der Waals surface area contributed by atoms with Gasteiger partial charge in [-0.2, -0.15) is 0 Å². The van der Waals surface area contributed by atoms with Gasteiger partial charge in [-0.3, -0.25) is 0 Å². The molecule has 0 bridgehead atoms. The molecule has 0 aliphatic rings. The zero-order valence-electron chi connectivity index (χ0n) is 10.5. The van der Waals surface area contributed by atoms with E-state index in [1.165, 1.54) is 7.11 Å². The van der Waals surface area contributed by atoms with Crippen molar-refractivity contribution < 1.29 is 17.9 Å². The number of hydrogen-bond acceptors (Lipinski definition) is 2. The summed E-state index contributed by atoms with van der Waals surface area (Å²) in [7, 11) is 1.52. The molecular weight excluding hydrogens is 335 g/mol. The van der Waals surface area contributed by atoms with E-state index in [2.05, 4.69) is 21.2 Å². The SMILES string of the molecule is COc1ccc(Br)cc1CNc1cc(F)c(F)cc1F. The molecule has 0 unspecified atom stereocenters. The van der Waals surface area contributed by atoms with Crippen LogP contribution in [0.3, 0.4) is 0 Å². The van der Waals surface area contributed by atoms with E-state index in [9.17, 15) is 13.2 Å². The van der Waals surface area contributed by atoms with Crippen molar-refractivity contribution in [3.05, 3.63) is 57.8 Å². The summed E-state index contributed by atoms with van der Waals surface area (Å²) in [6.07, 6.45) is 0. The monoisotopic (exact) mass is 345 g/mol. The van der Waals surface area contributed by atoms with E-state index in [1.54, 1.807) is 18.2 Å². The van der Waals surface area contributed by atoms with Gasteiger partial charge in [0.1, 0.15) is 11.6 Å². The van der Waals surface area contributed by atoms with Gasteiger partial charge in [-0.1, -0.05) is 15.9 Å². The molecule has 2 nitrogen and oxygen atoms in total. The van der Waals surface area contributed by atoms with E-state index in [-0.39, 0.29) is 12.2 Å². The van der Waals surface area contributed by atoms with Crippen molar-refractivity contribution in [3.8, 4) is 5.75 Å². The summed E-state index contributed by atoms with van der Waals surface area (Å²) in [5.41, 5.74) is 0.650. The number of ether oxygens (including phenoxy) is 1. The molecule has 0 aliphatic carbocycles. The maximum atomic E-state index is 13.5. The molecule has 6 heteroatoms. The molecule has 20 heavy (non-hydrogen) atoms. The molecule has 2 rings (SSSR count). The molecule has 0 saturated carbocycles. The predicted molar refractivity (Wildman–Crippen MR) is 74.3 cm³/mol. The second kappa shape index (κ2) is 6.17. The topological polar surface area (TPSA) is 21.3 Å². The minimum Gasteiger partial charge on any atom is -0.496 e. The lowest BCUT2D eigenvalue weighted by Crippen LogP contribution is -2.04. The van der Waals surface area contributed by atoms with Crippen LogP contribution in [-0.2, 0) is 6.54 Å². The Morgan fingerprint density at radius 2 is 1.75 bits per heavy atom. The number of methoxy groups -OCH3 is 1. The Bertz CT molecular complexity index is 634. The number of benzene rings is 2. The van der Waals surface area contributed by atoms with Crippen LogP contribution < -0.4 is 10.1 Å². The fourth-order valence-electron chi connectivity index (χ4n) is 1.73. The first kappa shape index (κ1) is 14.7. The largest absolute Gasteiger partial charge is 0.496 e. The summed E-state index contributed by atoms with van der Waals surface area (Å²) in [5, 5.41) is 2.72. The van der Waals surface area contributed by atoms with Crippen LogP contribution >= 0.6 is 15.9 Å². The minimum absolute atomic E-state index is 0.106. The number of hydrogen-bond donors (Lipinski definition) is 1. The molecule has 0 aliphatic heterocycles. The Labute approximate surface area is 122 Å². The standard InChI is InChI=1S/C14H11BrF3NO/c1-20-14-3-2-9(15)4-8(14)7-19-13-6-11(17)10(16)5-12(13)18/h2-6,19H,7H2,1H3. The van der Waals surface area contributed by atoms with Crippen molar-refractivity contribution in [1.82, 2.24) is 0 Å². The van der Waals surface area contributed by atoms with Crippen LogP contribution in [0.25, 0.3) is 0 Å². The van der Waals surface area contributed by atoms with Crippen molar-refractivity contribution in [2.45, 2.75) is 6.54 Å².